The average molecular weight is 288 g/mol. The van der Waals surface area contributed by atoms with Gasteiger partial charge in [-0.1, -0.05) is 24.3 Å². The molecule has 0 saturated carbocycles. The Hall–Kier alpha value is -2.04. The van der Waals surface area contributed by atoms with Crippen LogP contribution >= 0.6 is 0 Å². The highest BCUT2D eigenvalue weighted by Gasteiger charge is 2.10. The minimum Gasteiger partial charge on any atom is -0.497 e. The van der Waals surface area contributed by atoms with Crippen molar-refractivity contribution in [3.8, 4) is 11.5 Å². The third-order valence-electron chi connectivity index (χ3n) is 3.23. The first-order valence-electron chi connectivity index (χ1n) is 6.83. The lowest BCUT2D eigenvalue weighted by Crippen LogP contribution is -2.10. The van der Waals surface area contributed by atoms with Gasteiger partial charge in [0.2, 0.25) is 0 Å². The molecule has 0 saturated heterocycles. The zero-order chi connectivity index (χ0) is 15.2. The van der Waals surface area contributed by atoms with Crippen molar-refractivity contribution >= 4 is 0 Å². The SMILES string of the molecule is COc1cccc(C(O)COc2cccc([C@H](C)O)c2)c1. The molecule has 2 aromatic rings. The maximum absolute atomic E-state index is 10.2. The number of ether oxygens (including phenoxy) is 2. The van der Waals surface area contributed by atoms with Crippen LogP contribution in [0.15, 0.2) is 48.5 Å². The molecule has 0 aliphatic rings. The first kappa shape index (κ1) is 15.4. The summed E-state index contributed by atoms with van der Waals surface area (Å²) in [5.41, 5.74) is 1.52. The van der Waals surface area contributed by atoms with Crippen molar-refractivity contribution in [3.05, 3.63) is 59.7 Å². The summed E-state index contributed by atoms with van der Waals surface area (Å²) >= 11 is 0. The Morgan fingerprint density at radius 3 is 2.24 bits per heavy atom. The molecule has 0 aliphatic carbocycles. The van der Waals surface area contributed by atoms with E-state index in [1.807, 2.05) is 30.3 Å². The van der Waals surface area contributed by atoms with Gasteiger partial charge in [-0.2, -0.15) is 0 Å². The van der Waals surface area contributed by atoms with Crippen LogP contribution in [0.1, 0.15) is 30.3 Å². The Morgan fingerprint density at radius 1 is 0.952 bits per heavy atom. The molecule has 4 nitrogen and oxygen atoms in total. The van der Waals surface area contributed by atoms with Crippen LogP contribution in [0.2, 0.25) is 0 Å². The van der Waals surface area contributed by atoms with Gasteiger partial charge in [0.25, 0.3) is 0 Å². The Morgan fingerprint density at radius 2 is 1.57 bits per heavy atom. The molecule has 0 spiro atoms. The van der Waals surface area contributed by atoms with Crippen molar-refractivity contribution in [1.82, 2.24) is 0 Å². The van der Waals surface area contributed by atoms with Crippen LogP contribution in [0.3, 0.4) is 0 Å². The van der Waals surface area contributed by atoms with E-state index >= 15 is 0 Å². The van der Waals surface area contributed by atoms with E-state index in [0.29, 0.717) is 11.5 Å². The Balaban J connectivity index is 2.00. The Bertz CT molecular complexity index is 581. The smallest absolute Gasteiger partial charge is 0.119 e. The fourth-order valence-corrected chi connectivity index (χ4v) is 1.98. The largest absolute Gasteiger partial charge is 0.497 e. The first-order chi connectivity index (χ1) is 10.1. The topological polar surface area (TPSA) is 58.9 Å². The van der Waals surface area contributed by atoms with Gasteiger partial charge in [-0.05, 0) is 42.3 Å². The van der Waals surface area contributed by atoms with E-state index in [1.54, 1.807) is 32.2 Å². The quantitative estimate of drug-likeness (QED) is 0.858. The number of aliphatic hydroxyl groups excluding tert-OH is 2. The third-order valence-corrected chi connectivity index (χ3v) is 3.23. The standard InChI is InChI=1S/C17H20O4/c1-12(18)13-5-3-8-16(9-13)21-11-17(19)14-6-4-7-15(10-14)20-2/h3-10,12,17-19H,11H2,1-2H3/t12-,17?/m0/s1. The number of methoxy groups -OCH3 is 1. The predicted molar refractivity (Wildman–Crippen MR) is 80.5 cm³/mol. The van der Waals surface area contributed by atoms with Gasteiger partial charge in [0.05, 0.1) is 13.2 Å². The van der Waals surface area contributed by atoms with Gasteiger partial charge in [-0.3, -0.25) is 0 Å². The van der Waals surface area contributed by atoms with E-state index in [4.69, 9.17) is 9.47 Å². The lowest BCUT2D eigenvalue weighted by atomic mass is 10.1. The van der Waals surface area contributed by atoms with Gasteiger partial charge in [-0.15, -0.1) is 0 Å². The summed E-state index contributed by atoms with van der Waals surface area (Å²) in [4.78, 5) is 0. The molecule has 0 heterocycles. The van der Waals surface area contributed by atoms with Crippen molar-refractivity contribution in [2.24, 2.45) is 0 Å². The third kappa shape index (κ3) is 4.21. The van der Waals surface area contributed by atoms with E-state index in [9.17, 15) is 10.2 Å². The monoisotopic (exact) mass is 288 g/mol. The van der Waals surface area contributed by atoms with Crippen molar-refractivity contribution < 1.29 is 19.7 Å². The molecule has 2 rings (SSSR count). The summed E-state index contributed by atoms with van der Waals surface area (Å²) in [6.45, 7) is 1.83. The Labute approximate surface area is 124 Å². The van der Waals surface area contributed by atoms with Crippen molar-refractivity contribution in [3.63, 3.8) is 0 Å². The maximum atomic E-state index is 10.2. The second kappa shape index (κ2) is 7.11. The van der Waals surface area contributed by atoms with Gasteiger partial charge in [0.15, 0.2) is 0 Å². The van der Waals surface area contributed by atoms with Gasteiger partial charge in [-0.25, -0.2) is 0 Å². The van der Waals surface area contributed by atoms with E-state index in [0.717, 1.165) is 11.1 Å². The second-order valence-electron chi connectivity index (χ2n) is 4.85. The molecule has 0 fully saturated rings. The van der Waals surface area contributed by atoms with Crippen LogP contribution in [0.25, 0.3) is 0 Å². The number of benzene rings is 2. The van der Waals surface area contributed by atoms with Gasteiger partial charge in [0.1, 0.15) is 24.2 Å². The molecule has 2 aromatic carbocycles. The van der Waals surface area contributed by atoms with E-state index < -0.39 is 12.2 Å². The summed E-state index contributed by atoms with van der Waals surface area (Å²) < 4.78 is 10.7. The van der Waals surface area contributed by atoms with Crippen LogP contribution < -0.4 is 9.47 Å². The zero-order valence-electron chi connectivity index (χ0n) is 12.2. The van der Waals surface area contributed by atoms with Gasteiger partial charge in [0, 0.05) is 0 Å². The molecule has 112 valence electrons. The molecule has 0 radical (unpaired) electrons. The summed E-state index contributed by atoms with van der Waals surface area (Å²) in [7, 11) is 1.59. The number of aliphatic hydroxyl groups is 2. The lowest BCUT2D eigenvalue weighted by molar-refractivity contribution is 0.107. The number of rotatable bonds is 6. The van der Waals surface area contributed by atoms with Crippen LogP contribution in [0.5, 0.6) is 11.5 Å². The normalized spacial score (nSPS) is 13.5. The molecule has 2 atom stereocenters. The minimum atomic E-state index is -0.740. The second-order valence-corrected chi connectivity index (χ2v) is 4.85. The van der Waals surface area contributed by atoms with Crippen molar-refractivity contribution in [1.29, 1.82) is 0 Å². The average Bonchev–Trinajstić information content (AvgIpc) is 2.53. The summed E-state index contributed by atoms with van der Waals surface area (Å²) in [5.74, 6) is 1.32. The fraction of sp³-hybridized carbons (Fsp3) is 0.294. The summed E-state index contributed by atoms with van der Waals surface area (Å²) in [6.07, 6.45) is -1.29. The highest BCUT2D eigenvalue weighted by atomic mass is 16.5. The number of hydrogen-bond acceptors (Lipinski definition) is 4. The highest BCUT2D eigenvalue weighted by molar-refractivity contribution is 5.31. The molecule has 4 heteroatoms. The molecular formula is C17H20O4. The first-order valence-corrected chi connectivity index (χ1v) is 6.83. The Kier molecular flexibility index (Phi) is 5.20. The number of hydrogen-bond donors (Lipinski definition) is 2. The summed E-state index contributed by atoms with van der Waals surface area (Å²) in [5, 5.41) is 19.7. The fourth-order valence-electron chi connectivity index (χ4n) is 1.98. The predicted octanol–water partition coefficient (Wildman–Crippen LogP) is 2.86. The lowest BCUT2D eigenvalue weighted by Gasteiger charge is -2.14. The maximum Gasteiger partial charge on any atom is 0.119 e. The van der Waals surface area contributed by atoms with Crippen molar-refractivity contribution in [2.75, 3.05) is 13.7 Å². The van der Waals surface area contributed by atoms with Gasteiger partial charge < -0.3 is 19.7 Å². The molecule has 0 bridgehead atoms. The van der Waals surface area contributed by atoms with Crippen molar-refractivity contribution in [2.45, 2.75) is 19.1 Å². The van der Waals surface area contributed by atoms with Crippen LogP contribution in [-0.2, 0) is 0 Å². The molecule has 1 unspecified atom stereocenters. The van der Waals surface area contributed by atoms with Crippen LogP contribution in [-0.4, -0.2) is 23.9 Å². The molecule has 21 heavy (non-hydrogen) atoms. The van der Waals surface area contributed by atoms with E-state index in [1.165, 1.54) is 0 Å². The van der Waals surface area contributed by atoms with E-state index in [2.05, 4.69) is 0 Å². The molecule has 2 N–H and O–H groups in total. The molecular weight excluding hydrogens is 268 g/mol. The van der Waals surface area contributed by atoms with E-state index in [-0.39, 0.29) is 6.61 Å². The van der Waals surface area contributed by atoms with Gasteiger partial charge >= 0.3 is 0 Å². The molecule has 0 aliphatic heterocycles. The highest BCUT2D eigenvalue weighted by Crippen LogP contribution is 2.22. The van der Waals surface area contributed by atoms with Crippen LogP contribution in [0.4, 0.5) is 0 Å². The van der Waals surface area contributed by atoms with Crippen LogP contribution in [0, 0.1) is 0 Å². The molecule has 0 aromatic heterocycles. The minimum absolute atomic E-state index is 0.135. The molecule has 0 amide bonds. The summed E-state index contributed by atoms with van der Waals surface area (Å²) in [6, 6.07) is 14.5. The zero-order valence-corrected chi connectivity index (χ0v) is 12.2.